The van der Waals surface area contributed by atoms with Crippen LogP contribution in [0.25, 0.3) is 0 Å². The van der Waals surface area contributed by atoms with Crippen LogP contribution in [0.4, 0.5) is 0 Å². The molecule has 0 aromatic carbocycles. The van der Waals surface area contributed by atoms with Gasteiger partial charge in [-0.1, -0.05) is 0 Å². The van der Waals surface area contributed by atoms with E-state index in [0.717, 1.165) is 0 Å². The molecule has 0 aliphatic heterocycles. The maximum atomic E-state index is 11.1. The predicted octanol–water partition coefficient (Wildman–Crippen LogP) is -0.681. The molecule has 0 radical (unpaired) electrons. The van der Waals surface area contributed by atoms with Gasteiger partial charge in [0.05, 0.1) is 0 Å². The zero-order valence-electron chi connectivity index (χ0n) is 8.13. The first kappa shape index (κ1) is 11.4. The first-order chi connectivity index (χ1) is 5.24. The van der Waals surface area contributed by atoms with E-state index in [0.29, 0.717) is 0 Å². The third-order valence-corrected chi connectivity index (χ3v) is 1.19. The van der Waals surface area contributed by atoms with Crippen molar-refractivity contribution in [3.05, 3.63) is 0 Å². The maximum absolute atomic E-state index is 11.1. The first-order valence-corrected chi connectivity index (χ1v) is 3.98. The summed E-state index contributed by atoms with van der Waals surface area (Å²) in [6.45, 7) is 6.93. The first-order valence-electron chi connectivity index (χ1n) is 3.98. The second-order valence-corrected chi connectivity index (χ2v) is 3.96. The SMILES string of the molecule is C[C@@H]([NH3+])[C@@H](O)C(=O)OC(C)(C)C. The summed E-state index contributed by atoms with van der Waals surface area (Å²) in [4.78, 5) is 11.1. The van der Waals surface area contributed by atoms with Crippen LogP contribution in [0.3, 0.4) is 0 Å². The fourth-order valence-electron chi connectivity index (χ4n) is 0.594. The van der Waals surface area contributed by atoms with Gasteiger partial charge >= 0.3 is 5.97 Å². The van der Waals surface area contributed by atoms with Crippen LogP contribution in [0, 0.1) is 0 Å². The lowest BCUT2D eigenvalue weighted by Crippen LogP contribution is -2.66. The number of hydrogen-bond acceptors (Lipinski definition) is 3. The van der Waals surface area contributed by atoms with E-state index < -0.39 is 17.7 Å². The van der Waals surface area contributed by atoms with Gasteiger partial charge in [-0.15, -0.1) is 0 Å². The average Bonchev–Trinajstić information content (AvgIpc) is 1.82. The Kier molecular flexibility index (Phi) is 3.67. The van der Waals surface area contributed by atoms with Gasteiger partial charge in [-0.3, -0.25) is 0 Å². The number of aliphatic hydroxyl groups excluding tert-OH is 1. The Hall–Kier alpha value is -0.610. The van der Waals surface area contributed by atoms with Gasteiger partial charge in [0.1, 0.15) is 11.6 Å². The number of carbonyl (C=O) groups excluding carboxylic acids is 1. The second-order valence-electron chi connectivity index (χ2n) is 3.96. The molecule has 0 aliphatic rings. The standard InChI is InChI=1S/C8H17NO3/c1-5(9)6(10)7(11)12-8(2,3)4/h5-6,10H,9H2,1-4H3/p+1/t5-,6-/m1/s1. The number of rotatable bonds is 2. The Balaban J connectivity index is 4.05. The highest BCUT2D eigenvalue weighted by Crippen LogP contribution is 2.08. The number of ether oxygens (including phenoxy) is 1. The fraction of sp³-hybridized carbons (Fsp3) is 0.875. The molecular formula is C8H18NO3+. The van der Waals surface area contributed by atoms with Crippen molar-refractivity contribution in [3.8, 4) is 0 Å². The van der Waals surface area contributed by atoms with Gasteiger partial charge in [0, 0.05) is 0 Å². The summed E-state index contributed by atoms with van der Waals surface area (Å²) in [6.07, 6.45) is -1.12. The lowest BCUT2D eigenvalue weighted by molar-refractivity contribution is -0.428. The van der Waals surface area contributed by atoms with E-state index in [2.05, 4.69) is 5.73 Å². The zero-order valence-corrected chi connectivity index (χ0v) is 8.13. The molecule has 0 aromatic rings. The summed E-state index contributed by atoms with van der Waals surface area (Å²) >= 11 is 0. The lowest BCUT2D eigenvalue weighted by atomic mass is 10.1. The van der Waals surface area contributed by atoms with Gasteiger partial charge < -0.3 is 15.6 Å². The molecule has 0 spiro atoms. The molecule has 0 saturated heterocycles. The van der Waals surface area contributed by atoms with Crippen molar-refractivity contribution in [2.24, 2.45) is 0 Å². The highest BCUT2D eigenvalue weighted by molar-refractivity contribution is 5.75. The summed E-state index contributed by atoms with van der Waals surface area (Å²) in [6, 6.07) is -0.347. The third-order valence-electron chi connectivity index (χ3n) is 1.19. The summed E-state index contributed by atoms with van der Waals surface area (Å²) in [5, 5.41) is 9.22. The average molecular weight is 176 g/mol. The van der Waals surface area contributed by atoms with Crippen molar-refractivity contribution >= 4 is 5.97 Å². The molecule has 4 N–H and O–H groups in total. The minimum absolute atomic E-state index is 0.347. The Morgan fingerprint density at radius 1 is 1.50 bits per heavy atom. The van der Waals surface area contributed by atoms with Crippen molar-refractivity contribution in [3.63, 3.8) is 0 Å². The van der Waals surface area contributed by atoms with E-state index in [9.17, 15) is 9.90 Å². The van der Waals surface area contributed by atoms with Gasteiger partial charge in [0.15, 0.2) is 0 Å². The molecule has 0 aromatic heterocycles. The summed E-state index contributed by atoms with van der Waals surface area (Å²) in [7, 11) is 0. The van der Waals surface area contributed by atoms with E-state index in [1.165, 1.54) is 0 Å². The van der Waals surface area contributed by atoms with E-state index in [-0.39, 0.29) is 6.04 Å². The summed E-state index contributed by atoms with van der Waals surface area (Å²) < 4.78 is 4.93. The Morgan fingerprint density at radius 3 is 2.17 bits per heavy atom. The van der Waals surface area contributed by atoms with Crippen molar-refractivity contribution in [1.29, 1.82) is 0 Å². The van der Waals surface area contributed by atoms with Crippen molar-refractivity contribution in [2.75, 3.05) is 0 Å². The molecule has 0 saturated carbocycles. The molecule has 0 unspecified atom stereocenters. The fourth-order valence-corrected chi connectivity index (χ4v) is 0.594. The Morgan fingerprint density at radius 2 is 1.92 bits per heavy atom. The van der Waals surface area contributed by atoms with Crippen molar-refractivity contribution < 1.29 is 20.4 Å². The quantitative estimate of drug-likeness (QED) is 0.547. The smallest absolute Gasteiger partial charge is 0.341 e. The predicted molar refractivity (Wildman–Crippen MR) is 44.2 cm³/mol. The molecule has 0 fully saturated rings. The molecule has 0 amide bonds. The van der Waals surface area contributed by atoms with Gasteiger partial charge in [-0.2, -0.15) is 0 Å². The normalized spacial score (nSPS) is 16.8. The van der Waals surface area contributed by atoms with Crippen LogP contribution in [0.15, 0.2) is 0 Å². The molecule has 4 heteroatoms. The van der Waals surface area contributed by atoms with Crippen LogP contribution in [-0.4, -0.2) is 28.8 Å². The van der Waals surface area contributed by atoms with E-state index in [1.807, 2.05) is 0 Å². The minimum atomic E-state index is -1.12. The monoisotopic (exact) mass is 176 g/mol. The highest BCUT2D eigenvalue weighted by atomic mass is 16.6. The van der Waals surface area contributed by atoms with Crippen LogP contribution in [0.5, 0.6) is 0 Å². The van der Waals surface area contributed by atoms with Gasteiger partial charge in [-0.05, 0) is 27.7 Å². The summed E-state index contributed by atoms with van der Waals surface area (Å²) in [5.74, 6) is -0.606. The lowest BCUT2D eigenvalue weighted by Gasteiger charge is -2.21. The third kappa shape index (κ3) is 4.31. The molecular weight excluding hydrogens is 158 g/mol. The highest BCUT2D eigenvalue weighted by Gasteiger charge is 2.27. The number of quaternary nitrogens is 1. The van der Waals surface area contributed by atoms with E-state index in [4.69, 9.17) is 4.74 Å². The van der Waals surface area contributed by atoms with Gasteiger partial charge in [0.25, 0.3) is 0 Å². The van der Waals surface area contributed by atoms with Crippen molar-refractivity contribution in [1.82, 2.24) is 0 Å². The number of aliphatic hydroxyl groups is 1. The second kappa shape index (κ2) is 3.87. The molecule has 4 nitrogen and oxygen atoms in total. The molecule has 12 heavy (non-hydrogen) atoms. The molecule has 72 valence electrons. The molecule has 2 atom stereocenters. The maximum Gasteiger partial charge on any atom is 0.341 e. The van der Waals surface area contributed by atoms with Gasteiger partial charge in [0.2, 0.25) is 6.10 Å². The number of esters is 1. The molecule has 0 aliphatic carbocycles. The molecule has 0 rings (SSSR count). The van der Waals surface area contributed by atoms with Crippen LogP contribution >= 0.6 is 0 Å². The molecule has 0 bridgehead atoms. The van der Waals surface area contributed by atoms with E-state index >= 15 is 0 Å². The van der Waals surface area contributed by atoms with Crippen LogP contribution in [-0.2, 0) is 9.53 Å². The molecule has 0 heterocycles. The minimum Gasteiger partial charge on any atom is -0.458 e. The van der Waals surface area contributed by atoms with Crippen LogP contribution < -0.4 is 5.73 Å². The van der Waals surface area contributed by atoms with Gasteiger partial charge in [-0.25, -0.2) is 4.79 Å². The Bertz CT molecular complexity index is 160. The largest absolute Gasteiger partial charge is 0.458 e. The van der Waals surface area contributed by atoms with E-state index in [1.54, 1.807) is 27.7 Å². The van der Waals surface area contributed by atoms with Crippen LogP contribution in [0.2, 0.25) is 0 Å². The number of carbonyl (C=O) groups is 1. The topological polar surface area (TPSA) is 74.2 Å². The van der Waals surface area contributed by atoms with Crippen molar-refractivity contribution in [2.45, 2.75) is 45.4 Å². The van der Waals surface area contributed by atoms with Crippen LogP contribution in [0.1, 0.15) is 27.7 Å². The zero-order chi connectivity index (χ0) is 9.94. The number of hydrogen-bond donors (Lipinski definition) is 2. The summed E-state index contributed by atoms with van der Waals surface area (Å²) in [5.41, 5.74) is 2.99. The Labute approximate surface area is 72.7 Å².